The largest absolute Gasteiger partial charge is 0.370 e. The normalized spacial score (nSPS) is 9.08. The Morgan fingerprint density at radius 2 is 2.42 bits per heavy atom. The highest BCUT2D eigenvalue weighted by Crippen LogP contribution is 2.14. The van der Waals surface area contributed by atoms with E-state index in [1.54, 1.807) is 0 Å². The van der Waals surface area contributed by atoms with E-state index in [0.717, 1.165) is 0 Å². The number of pyridine rings is 1. The van der Waals surface area contributed by atoms with Crippen LogP contribution >= 0.6 is 11.6 Å². The fourth-order valence-electron chi connectivity index (χ4n) is 0.624. The molecule has 62 valence electrons. The van der Waals surface area contributed by atoms with Crippen molar-refractivity contribution in [2.24, 2.45) is 5.34 Å². The van der Waals surface area contributed by atoms with Crippen molar-refractivity contribution in [3.8, 4) is 0 Å². The maximum absolute atomic E-state index is 10.8. The van der Waals surface area contributed by atoms with Gasteiger partial charge in [0.2, 0.25) is 0 Å². The molecule has 0 aliphatic heterocycles. The second kappa shape index (κ2) is 3.77. The van der Waals surface area contributed by atoms with Crippen LogP contribution in [0.2, 0.25) is 5.02 Å². The first-order valence-corrected chi connectivity index (χ1v) is 3.27. The average Bonchev–Trinajstić information content (AvgIpc) is 2.05. The van der Waals surface area contributed by atoms with Gasteiger partial charge in [-0.2, -0.15) is 0 Å². The Hall–Kier alpha value is -1.49. The third kappa shape index (κ3) is 1.76. The molecule has 6 heteroatoms. The molecular formula is C6H3ClN2O3. The maximum atomic E-state index is 10.8. The number of carbonyl (C=O) groups excluding carboxylic acids is 1. The van der Waals surface area contributed by atoms with Crippen molar-refractivity contribution in [1.29, 1.82) is 0 Å². The molecule has 1 aromatic rings. The Bertz CT molecular complexity index is 315. The van der Waals surface area contributed by atoms with E-state index < -0.39 is 5.97 Å². The summed E-state index contributed by atoms with van der Waals surface area (Å²) in [6, 6.07) is 1.33. The summed E-state index contributed by atoms with van der Waals surface area (Å²) in [7, 11) is 0. The van der Waals surface area contributed by atoms with E-state index in [2.05, 4.69) is 9.82 Å². The van der Waals surface area contributed by atoms with Crippen molar-refractivity contribution in [2.45, 2.75) is 0 Å². The number of hydrogen-bond donors (Lipinski definition) is 0. The summed E-state index contributed by atoms with van der Waals surface area (Å²) in [5.41, 5.74) is 0.0614. The van der Waals surface area contributed by atoms with E-state index >= 15 is 0 Å². The van der Waals surface area contributed by atoms with Crippen LogP contribution in [0, 0.1) is 4.91 Å². The summed E-state index contributed by atoms with van der Waals surface area (Å²) in [5.74, 6) is -0.891. The molecule has 0 spiro atoms. The van der Waals surface area contributed by atoms with E-state index in [0.29, 0.717) is 0 Å². The zero-order valence-corrected chi connectivity index (χ0v) is 6.49. The average molecular weight is 187 g/mol. The lowest BCUT2D eigenvalue weighted by Crippen LogP contribution is -2.00. The molecular weight excluding hydrogens is 184 g/mol. The Labute approximate surface area is 72.2 Å². The first-order chi connectivity index (χ1) is 5.75. The molecule has 0 unspecified atom stereocenters. The minimum Gasteiger partial charge on any atom is -0.279 e. The van der Waals surface area contributed by atoms with Crippen LogP contribution in [-0.2, 0) is 4.84 Å². The molecule has 0 aliphatic carbocycles. The van der Waals surface area contributed by atoms with Crippen LogP contribution in [0.4, 0.5) is 0 Å². The minimum atomic E-state index is -0.891. The lowest BCUT2D eigenvalue weighted by Gasteiger charge is -1.96. The van der Waals surface area contributed by atoms with Gasteiger partial charge in [-0.05, 0) is 6.07 Å². The van der Waals surface area contributed by atoms with Crippen LogP contribution in [0.25, 0.3) is 0 Å². The van der Waals surface area contributed by atoms with Crippen LogP contribution in [0.3, 0.4) is 0 Å². The second-order valence-corrected chi connectivity index (χ2v) is 2.22. The summed E-state index contributed by atoms with van der Waals surface area (Å²) in [6.07, 6.45) is 2.62. The third-order valence-electron chi connectivity index (χ3n) is 1.11. The molecule has 0 atom stereocenters. The van der Waals surface area contributed by atoms with Crippen molar-refractivity contribution in [1.82, 2.24) is 4.98 Å². The number of carbonyl (C=O) groups is 1. The van der Waals surface area contributed by atoms with Crippen molar-refractivity contribution in [3.05, 3.63) is 34.0 Å². The van der Waals surface area contributed by atoms with Gasteiger partial charge in [-0.1, -0.05) is 11.6 Å². The molecule has 1 heterocycles. The molecule has 0 aromatic carbocycles. The standard InChI is InChI=1S/C6H3ClN2O3/c7-5-3-8-2-1-4(5)6(10)12-9-11/h1-3H. The Kier molecular flexibility index (Phi) is 2.71. The van der Waals surface area contributed by atoms with E-state index in [4.69, 9.17) is 11.6 Å². The van der Waals surface area contributed by atoms with E-state index in [1.165, 1.54) is 18.5 Å². The molecule has 1 aromatic heterocycles. The SMILES string of the molecule is O=NOC(=O)c1ccncc1Cl. The van der Waals surface area contributed by atoms with Gasteiger partial charge in [0.25, 0.3) is 0 Å². The molecule has 12 heavy (non-hydrogen) atoms. The Balaban J connectivity index is 2.94. The number of aromatic nitrogens is 1. The first kappa shape index (κ1) is 8.61. The number of nitrogens with zero attached hydrogens (tertiary/aromatic N) is 2. The van der Waals surface area contributed by atoms with Gasteiger partial charge >= 0.3 is 5.97 Å². The van der Waals surface area contributed by atoms with Gasteiger partial charge in [0.15, 0.2) is 5.34 Å². The van der Waals surface area contributed by atoms with Gasteiger partial charge in [0.05, 0.1) is 10.6 Å². The number of hydrogen-bond acceptors (Lipinski definition) is 5. The summed E-state index contributed by atoms with van der Waals surface area (Å²) in [5, 5.41) is 2.09. The summed E-state index contributed by atoms with van der Waals surface area (Å²) < 4.78 is 0. The van der Waals surface area contributed by atoms with Gasteiger partial charge in [-0.15, -0.1) is 4.91 Å². The molecule has 1 rings (SSSR count). The van der Waals surface area contributed by atoms with Gasteiger partial charge in [-0.25, -0.2) is 4.79 Å². The molecule has 5 nitrogen and oxygen atoms in total. The van der Waals surface area contributed by atoms with Crippen LogP contribution in [0.1, 0.15) is 10.4 Å². The molecule has 0 N–H and O–H groups in total. The summed E-state index contributed by atoms with van der Waals surface area (Å²) >= 11 is 5.55. The molecule has 0 bridgehead atoms. The van der Waals surface area contributed by atoms with Gasteiger partial charge in [0.1, 0.15) is 0 Å². The highest BCUT2D eigenvalue weighted by Gasteiger charge is 2.11. The van der Waals surface area contributed by atoms with E-state index in [1.807, 2.05) is 5.34 Å². The lowest BCUT2D eigenvalue weighted by molar-refractivity contribution is 0.0508. The third-order valence-corrected chi connectivity index (χ3v) is 1.41. The number of halogens is 1. The van der Waals surface area contributed by atoms with Gasteiger partial charge in [0, 0.05) is 12.4 Å². The summed E-state index contributed by atoms with van der Waals surface area (Å²) in [6.45, 7) is 0. The highest BCUT2D eigenvalue weighted by atomic mass is 35.5. The highest BCUT2D eigenvalue weighted by molar-refractivity contribution is 6.33. The smallest absolute Gasteiger partial charge is 0.279 e. The fourth-order valence-corrected chi connectivity index (χ4v) is 0.820. The number of rotatable bonds is 2. The molecule has 0 fully saturated rings. The molecule has 0 aliphatic rings. The van der Waals surface area contributed by atoms with Gasteiger partial charge in [-0.3, -0.25) is 9.82 Å². The van der Waals surface area contributed by atoms with Gasteiger partial charge < -0.3 is 0 Å². The van der Waals surface area contributed by atoms with Crippen LogP contribution in [0.5, 0.6) is 0 Å². The summed E-state index contributed by atoms with van der Waals surface area (Å²) in [4.78, 5) is 27.9. The molecule has 0 amide bonds. The van der Waals surface area contributed by atoms with Crippen molar-refractivity contribution < 1.29 is 9.63 Å². The van der Waals surface area contributed by atoms with Crippen molar-refractivity contribution >= 4 is 17.6 Å². The second-order valence-electron chi connectivity index (χ2n) is 1.81. The monoisotopic (exact) mass is 186 g/mol. The first-order valence-electron chi connectivity index (χ1n) is 2.89. The Morgan fingerprint density at radius 3 is 3.00 bits per heavy atom. The quantitative estimate of drug-likeness (QED) is 0.519. The zero-order valence-electron chi connectivity index (χ0n) is 5.73. The van der Waals surface area contributed by atoms with Crippen molar-refractivity contribution in [3.63, 3.8) is 0 Å². The molecule has 0 radical (unpaired) electrons. The molecule has 0 saturated carbocycles. The lowest BCUT2D eigenvalue weighted by atomic mass is 10.3. The zero-order chi connectivity index (χ0) is 8.97. The minimum absolute atomic E-state index is 0.0614. The van der Waals surface area contributed by atoms with Crippen LogP contribution < -0.4 is 0 Å². The van der Waals surface area contributed by atoms with Crippen LogP contribution in [0.15, 0.2) is 23.8 Å². The van der Waals surface area contributed by atoms with Crippen LogP contribution in [-0.4, -0.2) is 11.0 Å². The molecule has 0 saturated heterocycles. The van der Waals surface area contributed by atoms with E-state index in [-0.39, 0.29) is 10.6 Å². The maximum Gasteiger partial charge on any atom is 0.370 e. The van der Waals surface area contributed by atoms with Crippen molar-refractivity contribution in [2.75, 3.05) is 0 Å². The predicted octanol–water partition coefficient (Wildman–Crippen LogP) is 1.57. The Morgan fingerprint density at radius 1 is 1.67 bits per heavy atom. The fraction of sp³-hybridized carbons (Fsp3) is 0. The topological polar surface area (TPSA) is 68.6 Å². The predicted molar refractivity (Wildman–Crippen MR) is 40.5 cm³/mol. The van der Waals surface area contributed by atoms with E-state index in [9.17, 15) is 9.70 Å².